The fourth-order valence-electron chi connectivity index (χ4n) is 2.34. The number of halogens is 4. The van der Waals surface area contributed by atoms with Crippen LogP contribution >= 0.6 is 34.9 Å². The normalized spacial score (nSPS) is 11.6. The fraction of sp³-hybridized carbons (Fsp3) is 0.200. The minimum atomic E-state index is -4.54. The summed E-state index contributed by atoms with van der Waals surface area (Å²) in [6, 6.07) is 10.7. The zero-order chi connectivity index (χ0) is 22.4. The highest BCUT2D eigenvalue weighted by Crippen LogP contribution is 2.38. The van der Waals surface area contributed by atoms with Crippen LogP contribution in [0.15, 0.2) is 51.7 Å². The SMILES string of the molecule is Cc1ccc(CO/N=C/Cc2snc(Sc3ncc(C(F)(F)F)cc3Cl)c2C#N)cc1. The summed E-state index contributed by atoms with van der Waals surface area (Å²) in [5.74, 6) is 0. The van der Waals surface area contributed by atoms with Gasteiger partial charge in [-0.15, -0.1) is 0 Å². The minimum absolute atomic E-state index is 0.137. The van der Waals surface area contributed by atoms with Crippen molar-refractivity contribution in [1.29, 1.82) is 5.26 Å². The molecule has 31 heavy (non-hydrogen) atoms. The lowest BCUT2D eigenvalue weighted by molar-refractivity contribution is -0.137. The lowest BCUT2D eigenvalue weighted by atomic mass is 10.2. The Morgan fingerprint density at radius 1 is 1.29 bits per heavy atom. The highest BCUT2D eigenvalue weighted by molar-refractivity contribution is 7.99. The van der Waals surface area contributed by atoms with Gasteiger partial charge in [0.1, 0.15) is 28.3 Å². The van der Waals surface area contributed by atoms with E-state index in [0.717, 1.165) is 40.5 Å². The number of alkyl halides is 3. The van der Waals surface area contributed by atoms with E-state index in [4.69, 9.17) is 16.4 Å². The van der Waals surface area contributed by atoms with Crippen LogP contribution in [0, 0.1) is 18.3 Å². The van der Waals surface area contributed by atoms with Crippen LogP contribution in [-0.2, 0) is 24.0 Å². The van der Waals surface area contributed by atoms with E-state index in [1.54, 1.807) is 0 Å². The van der Waals surface area contributed by atoms with Crippen molar-refractivity contribution in [3.05, 3.63) is 68.7 Å². The molecule has 160 valence electrons. The first-order valence-electron chi connectivity index (χ1n) is 8.76. The Morgan fingerprint density at radius 2 is 2.03 bits per heavy atom. The minimum Gasteiger partial charge on any atom is -0.391 e. The van der Waals surface area contributed by atoms with Crippen LogP contribution in [0.3, 0.4) is 0 Å². The molecular weight excluding hydrogens is 469 g/mol. The molecule has 2 heterocycles. The van der Waals surface area contributed by atoms with Gasteiger partial charge in [0.05, 0.1) is 10.6 Å². The van der Waals surface area contributed by atoms with Gasteiger partial charge in [0.15, 0.2) is 0 Å². The van der Waals surface area contributed by atoms with Gasteiger partial charge in [0.25, 0.3) is 0 Å². The number of pyridine rings is 1. The summed E-state index contributed by atoms with van der Waals surface area (Å²) in [4.78, 5) is 9.67. The van der Waals surface area contributed by atoms with E-state index < -0.39 is 11.7 Å². The topological polar surface area (TPSA) is 71.2 Å². The molecule has 0 bridgehead atoms. The van der Waals surface area contributed by atoms with Crippen LogP contribution in [0.2, 0.25) is 5.02 Å². The van der Waals surface area contributed by atoms with Crippen molar-refractivity contribution in [2.24, 2.45) is 5.16 Å². The average Bonchev–Trinajstić information content (AvgIpc) is 3.11. The number of hydrogen-bond donors (Lipinski definition) is 0. The number of hydrogen-bond acceptors (Lipinski definition) is 7. The number of rotatable bonds is 7. The van der Waals surface area contributed by atoms with E-state index in [2.05, 4.69) is 20.6 Å². The molecule has 0 fully saturated rings. The van der Waals surface area contributed by atoms with Crippen LogP contribution in [0.4, 0.5) is 13.2 Å². The molecule has 0 radical (unpaired) electrons. The number of oxime groups is 1. The molecular formula is C20H14ClF3N4OS2. The summed E-state index contributed by atoms with van der Waals surface area (Å²) in [6.45, 7) is 2.32. The second-order valence-electron chi connectivity index (χ2n) is 6.26. The van der Waals surface area contributed by atoms with Crippen molar-refractivity contribution in [3.8, 4) is 6.07 Å². The molecule has 0 aliphatic carbocycles. The van der Waals surface area contributed by atoms with Gasteiger partial charge in [0.2, 0.25) is 0 Å². The Morgan fingerprint density at radius 3 is 2.68 bits per heavy atom. The summed E-state index contributed by atoms with van der Waals surface area (Å²) in [5, 5.41) is 13.7. The second-order valence-corrected chi connectivity index (χ2v) is 8.50. The Kier molecular flexibility index (Phi) is 7.54. The molecule has 0 amide bonds. The molecule has 0 aliphatic heterocycles. The maximum Gasteiger partial charge on any atom is 0.417 e. The van der Waals surface area contributed by atoms with E-state index in [1.807, 2.05) is 31.2 Å². The summed E-state index contributed by atoms with van der Waals surface area (Å²) in [6.07, 6.45) is -1.98. The summed E-state index contributed by atoms with van der Waals surface area (Å²) < 4.78 is 42.5. The smallest absolute Gasteiger partial charge is 0.391 e. The van der Waals surface area contributed by atoms with Gasteiger partial charge in [-0.25, -0.2) is 4.98 Å². The standard InChI is InChI=1S/C20H14ClF3N4OS2/c1-12-2-4-13(5-3-12)11-29-27-7-6-17-15(9-25)18(28-31-17)30-19-16(21)8-14(10-26-19)20(22,23)24/h2-5,7-8,10H,6,11H2,1H3/b27-7+. The number of benzene rings is 1. The molecule has 0 saturated heterocycles. The Balaban J connectivity index is 1.63. The molecule has 0 aliphatic rings. The van der Waals surface area contributed by atoms with Gasteiger partial charge < -0.3 is 4.84 Å². The molecule has 5 nitrogen and oxygen atoms in total. The highest BCUT2D eigenvalue weighted by Gasteiger charge is 2.31. The van der Waals surface area contributed by atoms with E-state index >= 15 is 0 Å². The molecule has 11 heteroatoms. The maximum absolute atomic E-state index is 12.8. The molecule has 0 spiro atoms. The monoisotopic (exact) mass is 482 g/mol. The van der Waals surface area contributed by atoms with Gasteiger partial charge >= 0.3 is 6.18 Å². The number of nitrogens with zero attached hydrogens (tertiary/aromatic N) is 4. The number of aromatic nitrogens is 2. The van der Waals surface area contributed by atoms with Gasteiger partial charge in [0, 0.05) is 23.7 Å². The summed E-state index contributed by atoms with van der Waals surface area (Å²) >= 11 is 7.97. The Labute approximate surface area is 189 Å². The Hall–Kier alpha value is -2.61. The molecule has 2 aromatic heterocycles. The van der Waals surface area contributed by atoms with Crippen LogP contribution in [0.1, 0.15) is 27.1 Å². The predicted molar refractivity (Wildman–Crippen MR) is 113 cm³/mol. The second kappa shape index (κ2) is 10.1. The van der Waals surface area contributed by atoms with Crippen LogP contribution in [-0.4, -0.2) is 15.6 Å². The van der Waals surface area contributed by atoms with Gasteiger partial charge in [-0.2, -0.15) is 22.8 Å². The van der Waals surface area contributed by atoms with Crippen LogP contribution < -0.4 is 0 Å². The highest BCUT2D eigenvalue weighted by atomic mass is 35.5. The number of aryl methyl sites for hydroxylation is 1. The molecule has 0 unspecified atom stereocenters. The summed E-state index contributed by atoms with van der Waals surface area (Å²) in [7, 11) is 0. The predicted octanol–water partition coefficient (Wildman–Crippen LogP) is 6.29. The van der Waals surface area contributed by atoms with Crippen molar-refractivity contribution in [2.45, 2.75) is 36.2 Å². The zero-order valence-corrected chi connectivity index (χ0v) is 18.4. The van der Waals surface area contributed by atoms with Crippen LogP contribution in [0.25, 0.3) is 0 Å². The quantitative estimate of drug-likeness (QED) is 0.292. The summed E-state index contributed by atoms with van der Waals surface area (Å²) in [5.41, 5.74) is 1.50. The van der Waals surface area contributed by atoms with Gasteiger partial charge in [-0.3, -0.25) is 0 Å². The zero-order valence-electron chi connectivity index (χ0n) is 16.0. The molecule has 3 rings (SSSR count). The van der Waals surface area contributed by atoms with Gasteiger partial charge in [-0.1, -0.05) is 46.6 Å². The van der Waals surface area contributed by atoms with Crippen molar-refractivity contribution < 1.29 is 18.0 Å². The first-order chi connectivity index (χ1) is 14.8. The third kappa shape index (κ3) is 6.19. The third-order valence-corrected chi connectivity index (χ3v) is 6.34. The van der Waals surface area contributed by atoms with Crippen molar-refractivity contribution in [3.63, 3.8) is 0 Å². The van der Waals surface area contributed by atoms with Crippen molar-refractivity contribution in [2.75, 3.05) is 0 Å². The fourth-order valence-corrected chi connectivity index (χ4v) is 4.33. The van der Waals surface area contributed by atoms with E-state index in [1.165, 1.54) is 6.21 Å². The molecule has 3 aromatic rings. The molecule has 0 atom stereocenters. The van der Waals surface area contributed by atoms with Crippen LogP contribution in [0.5, 0.6) is 0 Å². The largest absolute Gasteiger partial charge is 0.417 e. The van der Waals surface area contributed by atoms with Gasteiger partial charge in [-0.05, 0) is 41.8 Å². The van der Waals surface area contributed by atoms with E-state index in [0.29, 0.717) is 34.7 Å². The number of nitriles is 1. The van der Waals surface area contributed by atoms with Crippen molar-refractivity contribution in [1.82, 2.24) is 9.36 Å². The van der Waals surface area contributed by atoms with E-state index in [9.17, 15) is 18.4 Å². The third-order valence-electron chi connectivity index (χ3n) is 3.95. The molecule has 1 aromatic carbocycles. The Bertz CT molecular complexity index is 1120. The lowest BCUT2D eigenvalue weighted by Crippen LogP contribution is -2.05. The molecule has 0 saturated carbocycles. The molecule has 0 N–H and O–H groups in total. The first kappa shape index (κ1) is 23.1. The van der Waals surface area contributed by atoms with Crippen molar-refractivity contribution >= 4 is 41.1 Å². The first-order valence-corrected chi connectivity index (χ1v) is 10.7. The average molecular weight is 483 g/mol. The maximum atomic E-state index is 12.8. The van der Waals surface area contributed by atoms with E-state index in [-0.39, 0.29) is 10.0 Å². The lowest BCUT2D eigenvalue weighted by Gasteiger charge is -2.08.